The second-order valence-electron chi connectivity index (χ2n) is 4.56. The average molecular weight is 219 g/mol. The Balaban J connectivity index is 2.28. The Morgan fingerprint density at radius 1 is 1.23 bits per heavy atom. The molecule has 0 bridgehead atoms. The van der Waals surface area contributed by atoms with Crippen LogP contribution in [0.5, 0.6) is 0 Å². The van der Waals surface area contributed by atoms with Crippen molar-refractivity contribution in [3.8, 4) is 0 Å². The Kier molecular flexibility index (Phi) is 6.14. The lowest BCUT2D eigenvalue weighted by atomic mass is 10.1. The fraction of sp³-hybridized carbons (Fsp3) is 1.00. The molecule has 0 saturated carbocycles. The van der Waals surface area contributed by atoms with Crippen LogP contribution < -0.4 is 0 Å². The van der Waals surface area contributed by atoms with E-state index in [1.54, 1.807) is 6.04 Å². The molecule has 0 aliphatic carbocycles. The van der Waals surface area contributed by atoms with Gasteiger partial charge in [-0.3, -0.25) is 0 Å². The predicted octanol–water partition coefficient (Wildman–Crippen LogP) is 4.20. The van der Waals surface area contributed by atoms with Crippen molar-refractivity contribution in [2.24, 2.45) is 0 Å². The van der Waals surface area contributed by atoms with Crippen molar-refractivity contribution in [3.63, 3.8) is 0 Å². The lowest BCUT2D eigenvalue weighted by molar-refractivity contribution is 0.593. The topological polar surface area (TPSA) is 0 Å². The Hall–Kier alpha value is 0.507. The van der Waals surface area contributed by atoms with E-state index in [-0.39, 0.29) is 0 Å². The van der Waals surface area contributed by atoms with E-state index in [4.69, 9.17) is 11.6 Å². The molecule has 0 N–H and O–H groups in total. The minimum absolute atomic E-state index is 0.396. The Morgan fingerprint density at radius 3 is 2.77 bits per heavy atom. The van der Waals surface area contributed by atoms with Crippen LogP contribution in [0, 0.1) is 0 Å². The van der Waals surface area contributed by atoms with Crippen LogP contribution in [-0.2, 0) is 0 Å². The molecule has 13 heavy (non-hydrogen) atoms. The molecule has 1 fully saturated rings. The molecule has 0 nitrogen and oxygen atoms in total. The Bertz CT molecular complexity index is 125. The van der Waals surface area contributed by atoms with Gasteiger partial charge in [0.05, 0.1) is 0 Å². The van der Waals surface area contributed by atoms with E-state index in [2.05, 4.69) is 6.92 Å². The van der Waals surface area contributed by atoms with Crippen LogP contribution in [0.4, 0.5) is 0 Å². The molecular weight excluding hydrogens is 196 g/mol. The van der Waals surface area contributed by atoms with Gasteiger partial charge in [-0.2, -0.15) is 0 Å². The van der Waals surface area contributed by atoms with Gasteiger partial charge in [0, 0.05) is 14.7 Å². The summed E-state index contributed by atoms with van der Waals surface area (Å²) in [6.45, 7) is 2.50. The van der Waals surface area contributed by atoms with Crippen molar-refractivity contribution >= 4 is 20.4 Å². The standard InChI is InChI=1S/C11H23ClSi/c1-11-7-4-2-3-5-9-13(11)10-6-8-12/h11,13H,2-10H2,1H3. The molecule has 0 aromatic heterocycles. The fourth-order valence-electron chi connectivity index (χ4n) is 2.51. The number of halogens is 1. The first kappa shape index (κ1) is 11.6. The van der Waals surface area contributed by atoms with E-state index in [1.807, 2.05) is 0 Å². The third kappa shape index (κ3) is 4.50. The minimum Gasteiger partial charge on any atom is -0.127 e. The third-order valence-corrected chi connectivity index (χ3v) is 8.01. The van der Waals surface area contributed by atoms with Crippen LogP contribution in [0.2, 0.25) is 17.6 Å². The number of alkyl halides is 1. The largest absolute Gasteiger partial charge is 0.127 e. The highest BCUT2D eigenvalue weighted by Gasteiger charge is 2.19. The summed E-state index contributed by atoms with van der Waals surface area (Å²) < 4.78 is 0. The molecule has 0 spiro atoms. The maximum atomic E-state index is 5.76. The van der Waals surface area contributed by atoms with Gasteiger partial charge in [0.25, 0.3) is 0 Å². The average Bonchev–Trinajstić information content (AvgIpc) is 2.11. The van der Waals surface area contributed by atoms with Gasteiger partial charge in [0.2, 0.25) is 0 Å². The van der Waals surface area contributed by atoms with Gasteiger partial charge >= 0.3 is 0 Å². The van der Waals surface area contributed by atoms with Gasteiger partial charge in [-0.25, -0.2) is 0 Å². The second-order valence-corrected chi connectivity index (χ2v) is 8.75. The molecule has 1 heterocycles. The maximum absolute atomic E-state index is 5.76. The molecule has 0 aromatic rings. The molecule has 1 aliphatic rings. The molecule has 0 aromatic carbocycles. The minimum atomic E-state index is -0.396. The smallest absolute Gasteiger partial charge is 0.0396 e. The normalized spacial score (nSPS) is 30.9. The summed E-state index contributed by atoms with van der Waals surface area (Å²) in [7, 11) is -0.396. The van der Waals surface area contributed by atoms with Crippen molar-refractivity contribution in [1.29, 1.82) is 0 Å². The van der Waals surface area contributed by atoms with Gasteiger partial charge in [0.1, 0.15) is 0 Å². The molecule has 1 aliphatic heterocycles. The summed E-state index contributed by atoms with van der Waals surface area (Å²) in [6, 6.07) is 3.10. The van der Waals surface area contributed by atoms with Crippen molar-refractivity contribution in [2.45, 2.75) is 63.1 Å². The maximum Gasteiger partial charge on any atom is 0.0396 e. The molecule has 2 atom stereocenters. The second kappa shape index (κ2) is 6.89. The van der Waals surface area contributed by atoms with Crippen LogP contribution in [-0.4, -0.2) is 14.7 Å². The summed E-state index contributed by atoms with van der Waals surface area (Å²) in [5.41, 5.74) is 1.09. The zero-order valence-corrected chi connectivity index (χ0v) is 10.8. The number of hydrogen-bond acceptors (Lipinski definition) is 0. The van der Waals surface area contributed by atoms with E-state index in [0.717, 1.165) is 11.4 Å². The van der Waals surface area contributed by atoms with Crippen LogP contribution in [0.15, 0.2) is 0 Å². The molecule has 78 valence electrons. The first-order valence-corrected chi connectivity index (χ1v) is 8.74. The summed E-state index contributed by atoms with van der Waals surface area (Å²) in [5, 5.41) is 0. The molecule has 1 saturated heterocycles. The molecule has 1 rings (SSSR count). The highest BCUT2D eigenvalue weighted by molar-refractivity contribution is 6.60. The van der Waals surface area contributed by atoms with E-state index >= 15 is 0 Å². The summed E-state index contributed by atoms with van der Waals surface area (Å²) >= 11 is 5.76. The molecule has 0 radical (unpaired) electrons. The van der Waals surface area contributed by atoms with Gasteiger partial charge < -0.3 is 0 Å². The monoisotopic (exact) mass is 218 g/mol. The SMILES string of the molecule is CC1CCCCCC[SiH]1CCCCl. The summed E-state index contributed by atoms with van der Waals surface area (Å²) in [5.74, 6) is 0.885. The van der Waals surface area contributed by atoms with Crippen LogP contribution in [0.1, 0.15) is 45.4 Å². The first-order chi connectivity index (χ1) is 6.34. The third-order valence-electron chi connectivity index (χ3n) is 3.50. The van der Waals surface area contributed by atoms with E-state index in [0.29, 0.717) is 0 Å². The van der Waals surface area contributed by atoms with Crippen LogP contribution in [0.25, 0.3) is 0 Å². The Morgan fingerprint density at radius 2 is 2.00 bits per heavy atom. The van der Waals surface area contributed by atoms with E-state index < -0.39 is 8.80 Å². The van der Waals surface area contributed by atoms with Crippen LogP contribution >= 0.6 is 11.6 Å². The van der Waals surface area contributed by atoms with Gasteiger partial charge in [-0.15, -0.1) is 11.6 Å². The highest BCUT2D eigenvalue weighted by atomic mass is 35.5. The van der Waals surface area contributed by atoms with Crippen LogP contribution in [0.3, 0.4) is 0 Å². The van der Waals surface area contributed by atoms with E-state index in [1.165, 1.54) is 44.6 Å². The molecule has 0 amide bonds. The quantitative estimate of drug-likeness (QED) is 0.492. The molecular formula is C11H23ClSi. The van der Waals surface area contributed by atoms with Crippen molar-refractivity contribution in [2.75, 3.05) is 5.88 Å². The van der Waals surface area contributed by atoms with Crippen molar-refractivity contribution < 1.29 is 0 Å². The van der Waals surface area contributed by atoms with Crippen molar-refractivity contribution in [1.82, 2.24) is 0 Å². The van der Waals surface area contributed by atoms with Gasteiger partial charge in [-0.1, -0.05) is 56.7 Å². The summed E-state index contributed by atoms with van der Waals surface area (Å²) in [6.07, 6.45) is 8.79. The highest BCUT2D eigenvalue weighted by Crippen LogP contribution is 2.29. The molecule has 2 heteroatoms. The number of rotatable bonds is 3. The zero-order valence-electron chi connectivity index (χ0n) is 8.90. The predicted molar refractivity (Wildman–Crippen MR) is 64.6 cm³/mol. The van der Waals surface area contributed by atoms with Crippen molar-refractivity contribution in [3.05, 3.63) is 0 Å². The first-order valence-electron chi connectivity index (χ1n) is 5.90. The van der Waals surface area contributed by atoms with Gasteiger partial charge in [-0.05, 0) is 6.42 Å². The molecule has 2 unspecified atom stereocenters. The lowest BCUT2D eigenvalue weighted by Gasteiger charge is -2.24. The van der Waals surface area contributed by atoms with E-state index in [9.17, 15) is 0 Å². The summed E-state index contributed by atoms with van der Waals surface area (Å²) in [4.78, 5) is 0. The Labute approximate surface area is 89.7 Å². The lowest BCUT2D eigenvalue weighted by Crippen LogP contribution is -2.20. The zero-order chi connectivity index (χ0) is 9.52. The van der Waals surface area contributed by atoms with Gasteiger partial charge in [0.15, 0.2) is 0 Å². The number of hydrogen-bond donors (Lipinski definition) is 0. The fourth-order valence-corrected chi connectivity index (χ4v) is 6.60.